The molecule has 0 aliphatic carbocycles. The zero-order valence-corrected chi connectivity index (χ0v) is 9.62. The molecule has 3 rings (SSSR count). The molecule has 1 aliphatic rings. The zero-order valence-electron chi connectivity index (χ0n) is 8.81. The Morgan fingerprint density at radius 1 is 1.00 bits per heavy atom. The molecule has 1 aliphatic heterocycles. The predicted octanol–water partition coefficient (Wildman–Crippen LogP) is 3.73. The van der Waals surface area contributed by atoms with E-state index in [9.17, 15) is 0 Å². The molecule has 0 aromatic heterocycles. The molecular formula is C13H10NOS. The molecule has 2 aromatic carbocycles. The smallest absolute Gasteiger partial charge is 0.121 e. The van der Waals surface area contributed by atoms with Gasteiger partial charge in [-0.2, -0.15) is 0 Å². The fourth-order valence-electron chi connectivity index (χ4n) is 1.68. The number of hydrogen-bond donors (Lipinski definition) is 0. The van der Waals surface area contributed by atoms with Gasteiger partial charge in [-0.3, -0.25) is 0 Å². The molecule has 3 heteroatoms. The van der Waals surface area contributed by atoms with Gasteiger partial charge in [-0.1, -0.05) is 23.9 Å². The lowest BCUT2D eigenvalue weighted by molar-refractivity contribution is 0.414. The van der Waals surface area contributed by atoms with Crippen LogP contribution in [0.25, 0.3) is 0 Å². The van der Waals surface area contributed by atoms with Crippen LogP contribution in [0.1, 0.15) is 0 Å². The molecule has 0 atom stereocenters. The van der Waals surface area contributed by atoms with E-state index in [-0.39, 0.29) is 0 Å². The minimum absolute atomic E-state index is 0.850. The summed E-state index contributed by atoms with van der Waals surface area (Å²) in [6.07, 6.45) is 0. The van der Waals surface area contributed by atoms with Gasteiger partial charge in [0.05, 0.1) is 18.5 Å². The van der Waals surface area contributed by atoms with Crippen LogP contribution in [-0.2, 0) is 0 Å². The second-order valence-electron chi connectivity index (χ2n) is 3.52. The van der Waals surface area contributed by atoms with E-state index < -0.39 is 0 Å². The molecule has 0 unspecified atom stereocenters. The monoisotopic (exact) mass is 228 g/mol. The average molecular weight is 228 g/mol. The van der Waals surface area contributed by atoms with Gasteiger partial charge < -0.3 is 4.74 Å². The van der Waals surface area contributed by atoms with E-state index in [0.29, 0.717) is 0 Å². The van der Waals surface area contributed by atoms with E-state index in [1.165, 1.54) is 9.79 Å². The van der Waals surface area contributed by atoms with E-state index in [1.807, 2.05) is 30.3 Å². The predicted molar refractivity (Wildman–Crippen MR) is 65.0 cm³/mol. The SMILES string of the molecule is COc1ccc2c(c1)[N]c1ccccc1S2. The van der Waals surface area contributed by atoms with Crippen LogP contribution < -0.4 is 10.1 Å². The molecule has 0 saturated carbocycles. The maximum Gasteiger partial charge on any atom is 0.121 e. The number of para-hydroxylation sites is 1. The zero-order chi connectivity index (χ0) is 11.0. The number of benzene rings is 2. The lowest BCUT2D eigenvalue weighted by atomic mass is 10.2. The molecule has 0 spiro atoms. The highest BCUT2D eigenvalue weighted by molar-refractivity contribution is 7.99. The van der Waals surface area contributed by atoms with E-state index in [0.717, 1.165) is 17.1 Å². The van der Waals surface area contributed by atoms with Crippen LogP contribution in [-0.4, -0.2) is 7.11 Å². The molecule has 0 saturated heterocycles. The molecule has 0 fully saturated rings. The third-order valence-electron chi connectivity index (χ3n) is 2.49. The van der Waals surface area contributed by atoms with Gasteiger partial charge in [0.25, 0.3) is 0 Å². The second-order valence-corrected chi connectivity index (χ2v) is 4.60. The van der Waals surface area contributed by atoms with Gasteiger partial charge in [0.2, 0.25) is 0 Å². The van der Waals surface area contributed by atoms with Crippen molar-refractivity contribution in [2.45, 2.75) is 9.79 Å². The van der Waals surface area contributed by atoms with Crippen molar-refractivity contribution in [1.82, 2.24) is 5.32 Å². The molecule has 0 bridgehead atoms. The summed E-state index contributed by atoms with van der Waals surface area (Å²) in [6, 6.07) is 14.2. The quantitative estimate of drug-likeness (QED) is 0.633. The maximum atomic E-state index is 5.20. The number of fused-ring (bicyclic) bond motifs is 2. The Labute approximate surface area is 98.6 Å². The largest absolute Gasteiger partial charge is 0.497 e. The van der Waals surface area contributed by atoms with Crippen LogP contribution in [0.4, 0.5) is 11.4 Å². The summed E-state index contributed by atoms with van der Waals surface area (Å²) in [5.74, 6) is 0.850. The molecule has 2 aromatic rings. The summed E-state index contributed by atoms with van der Waals surface area (Å²) < 4.78 is 5.20. The summed E-state index contributed by atoms with van der Waals surface area (Å²) in [7, 11) is 1.67. The highest BCUT2D eigenvalue weighted by atomic mass is 32.2. The summed E-state index contributed by atoms with van der Waals surface area (Å²) in [4.78, 5) is 2.39. The summed E-state index contributed by atoms with van der Waals surface area (Å²) in [6.45, 7) is 0. The lowest BCUT2D eigenvalue weighted by Crippen LogP contribution is -1.98. The summed E-state index contributed by atoms with van der Waals surface area (Å²) in [5.41, 5.74) is 2.02. The van der Waals surface area contributed by atoms with Crippen LogP contribution in [0.5, 0.6) is 5.75 Å². The molecule has 16 heavy (non-hydrogen) atoms. The van der Waals surface area contributed by atoms with Gasteiger partial charge in [-0.05, 0) is 24.3 Å². The normalized spacial score (nSPS) is 12.3. The molecule has 1 radical (unpaired) electrons. The third-order valence-corrected chi connectivity index (χ3v) is 3.62. The number of ether oxygens (including phenoxy) is 1. The molecule has 1 heterocycles. The average Bonchev–Trinajstić information content (AvgIpc) is 2.35. The Kier molecular flexibility index (Phi) is 2.26. The van der Waals surface area contributed by atoms with Gasteiger partial charge in [0.1, 0.15) is 5.75 Å². The number of methoxy groups -OCH3 is 1. The van der Waals surface area contributed by atoms with Gasteiger partial charge >= 0.3 is 0 Å². The minimum atomic E-state index is 0.850. The Hall–Kier alpha value is -1.61. The van der Waals surface area contributed by atoms with Crippen molar-refractivity contribution < 1.29 is 4.74 Å². The first-order valence-electron chi connectivity index (χ1n) is 5.03. The number of rotatable bonds is 1. The molecular weight excluding hydrogens is 218 g/mol. The molecule has 0 N–H and O–H groups in total. The van der Waals surface area contributed by atoms with E-state index in [2.05, 4.69) is 17.4 Å². The Morgan fingerprint density at radius 3 is 2.69 bits per heavy atom. The standard InChI is InChI=1S/C13H10NOS/c1-15-9-6-7-13-11(8-9)14-10-4-2-3-5-12(10)16-13/h2-8H,1H3. The van der Waals surface area contributed by atoms with Crippen molar-refractivity contribution in [3.05, 3.63) is 42.5 Å². The molecule has 79 valence electrons. The Morgan fingerprint density at radius 2 is 1.81 bits per heavy atom. The van der Waals surface area contributed by atoms with Crippen LogP contribution >= 0.6 is 11.8 Å². The fraction of sp³-hybridized carbons (Fsp3) is 0.0769. The van der Waals surface area contributed by atoms with Crippen LogP contribution in [0.2, 0.25) is 0 Å². The first kappa shape index (κ1) is 9.60. The van der Waals surface area contributed by atoms with Crippen molar-refractivity contribution in [1.29, 1.82) is 0 Å². The van der Waals surface area contributed by atoms with Gasteiger partial charge in [0.15, 0.2) is 0 Å². The lowest BCUT2D eigenvalue weighted by Gasteiger charge is -2.18. The van der Waals surface area contributed by atoms with Gasteiger partial charge in [-0.15, -0.1) is 0 Å². The van der Waals surface area contributed by atoms with Gasteiger partial charge in [-0.25, -0.2) is 5.32 Å². The first-order chi connectivity index (χ1) is 7.86. The van der Waals surface area contributed by atoms with Crippen molar-refractivity contribution in [3.8, 4) is 5.75 Å². The summed E-state index contributed by atoms with van der Waals surface area (Å²) >= 11 is 1.75. The Bertz CT molecular complexity index is 539. The highest BCUT2D eigenvalue weighted by Gasteiger charge is 2.16. The van der Waals surface area contributed by atoms with Crippen LogP contribution in [0.3, 0.4) is 0 Å². The van der Waals surface area contributed by atoms with Crippen LogP contribution in [0, 0.1) is 0 Å². The fourth-order valence-corrected chi connectivity index (χ4v) is 2.63. The number of nitrogens with zero attached hydrogens (tertiary/aromatic N) is 1. The topological polar surface area (TPSA) is 23.3 Å². The summed E-state index contributed by atoms with van der Waals surface area (Å²) in [5, 5.41) is 4.62. The van der Waals surface area contributed by atoms with Crippen molar-refractivity contribution >= 4 is 23.1 Å². The van der Waals surface area contributed by atoms with Gasteiger partial charge in [0, 0.05) is 15.9 Å². The maximum absolute atomic E-state index is 5.20. The molecule has 0 amide bonds. The minimum Gasteiger partial charge on any atom is -0.497 e. The third kappa shape index (κ3) is 1.53. The van der Waals surface area contributed by atoms with E-state index >= 15 is 0 Å². The van der Waals surface area contributed by atoms with Crippen molar-refractivity contribution in [3.63, 3.8) is 0 Å². The van der Waals surface area contributed by atoms with E-state index in [1.54, 1.807) is 18.9 Å². The molecule has 2 nitrogen and oxygen atoms in total. The van der Waals surface area contributed by atoms with Crippen molar-refractivity contribution in [2.24, 2.45) is 0 Å². The number of hydrogen-bond acceptors (Lipinski definition) is 2. The van der Waals surface area contributed by atoms with Crippen molar-refractivity contribution in [2.75, 3.05) is 7.11 Å². The van der Waals surface area contributed by atoms with Crippen LogP contribution in [0.15, 0.2) is 52.3 Å². The van der Waals surface area contributed by atoms with E-state index in [4.69, 9.17) is 4.74 Å². The Balaban J connectivity index is 2.05. The highest BCUT2D eigenvalue weighted by Crippen LogP contribution is 2.45. The second kappa shape index (κ2) is 3.76. The first-order valence-corrected chi connectivity index (χ1v) is 5.85.